The molecule has 0 unspecified atom stereocenters. The summed E-state index contributed by atoms with van der Waals surface area (Å²) < 4.78 is 7.94. The number of aryl methyl sites for hydroxylation is 2. The monoisotopic (exact) mass is 464 g/mol. The van der Waals surface area contributed by atoms with E-state index in [-0.39, 0.29) is 17.7 Å². The van der Waals surface area contributed by atoms with Crippen LogP contribution in [0.4, 0.5) is 10.6 Å². The number of hydrogen-bond acceptors (Lipinski definition) is 7. The van der Waals surface area contributed by atoms with Crippen molar-refractivity contribution in [2.45, 2.75) is 39.3 Å². The fraction of sp³-hybridized carbons (Fsp3) is 0.417. The minimum atomic E-state index is -0.215. The predicted molar refractivity (Wildman–Crippen MR) is 131 cm³/mol. The summed E-state index contributed by atoms with van der Waals surface area (Å²) in [6.45, 7) is 6.58. The Morgan fingerprint density at radius 2 is 1.91 bits per heavy atom. The molecule has 0 saturated carbocycles. The molecule has 1 aliphatic heterocycles. The molecule has 180 valence electrons. The van der Waals surface area contributed by atoms with Gasteiger partial charge in [0.25, 0.3) is 5.88 Å². The third kappa shape index (κ3) is 5.28. The number of nitrogen functional groups attached to an aromatic ring is 1. The molecule has 0 radical (unpaired) electrons. The second-order valence-corrected chi connectivity index (χ2v) is 8.76. The first kappa shape index (κ1) is 23.5. The number of hydrogen-bond donors (Lipinski definition) is 3. The topological polar surface area (TPSA) is 123 Å². The normalized spacial score (nSPS) is 14.7. The number of nitrogens with two attached hydrogens (primary N) is 1. The first-order valence-corrected chi connectivity index (χ1v) is 11.4. The van der Waals surface area contributed by atoms with Crippen molar-refractivity contribution in [1.82, 2.24) is 35.3 Å². The average molecular weight is 465 g/mol. The summed E-state index contributed by atoms with van der Waals surface area (Å²) in [6, 6.07) is 4.20. The molecule has 1 aliphatic rings. The summed E-state index contributed by atoms with van der Waals surface area (Å²) in [7, 11) is 3.73. The number of nitrogens with one attached hydrogen (secondary N) is 2. The van der Waals surface area contributed by atoms with Crippen molar-refractivity contribution in [3.05, 3.63) is 47.4 Å². The van der Waals surface area contributed by atoms with E-state index in [2.05, 4.69) is 37.6 Å². The molecule has 2 aromatic heterocycles. The maximum atomic E-state index is 11.5. The van der Waals surface area contributed by atoms with Gasteiger partial charge in [0.1, 0.15) is 0 Å². The highest BCUT2D eigenvalue weighted by atomic mass is 16.5. The van der Waals surface area contributed by atoms with Gasteiger partial charge in [0.05, 0.1) is 30.3 Å². The number of aromatic nitrogens is 4. The van der Waals surface area contributed by atoms with E-state index in [0.717, 1.165) is 48.2 Å². The van der Waals surface area contributed by atoms with E-state index in [4.69, 9.17) is 10.5 Å². The van der Waals surface area contributed by atoms with Crippen LogP contribution in [0.1, 0.15) is 35.6 Å². The van der Waals surface area contributed by atoms with Crippen LogP contribution in [0.25, 0.3) is 11.3 Å². The first-order valence-electron chi connectivity index (χ1n) is 11.4. The van der Waals surface area contributed by atoms with Crippen molar-refractivity contribution in [3.63, 3.8) is 0 Å². The summed E-state index contributed by atoms with van der Waals surface area (Å²) in [5.74, 6) is 1.05. The standard InChI is InChI=1S/C24H32N8O2/c1-15-9-17(10-16(2)20(15)12-28-24(33)26-3)21-13-27-22(25)23(30-21)34-19-11-29-32(14-19)18-5-7-31(4)8-6-18/h9-11,13-14,18H,5-8,12H2,1-4H3,(H2,25,27)(H2,26,28,33). The van der Waals surface area contributed by atoms with Gasteiger partial charge in [-0.05, 0) is 75.6 Å². The van der Waals surface area contributed by atoms with Gasteiger partial charge < -0.3 is 26.0 Å². The van der Waals surface area contributed by atoms with Gasteiger partial charge in [0.15, 0.2) is 11.6 Å². The first-order chi connectivity index (χ1) is 16.3. The van der Waals surface area contributed by atoms with E-state index in [1.165, 1.54) is 0 Å². The predicted octanol–water partition coefficient (Wildman–Crippen LogP) is 3.03. The average Bonchev–Trinajstić information content (AvgIpc) is 3.28. The molecular weight excluding hydrogens is 432 g/mol. The lowest BCUT2D eigenvalue weighted by Gasteiger charge is -2.28. The van der Waals surface area contributed by atoms with Crippen molar-refractivity contribution in [1.29, 1.82) is 0 Å². The third-order valence-electron chi connectivity index (χ3n) is 6.27. The summed E-state index contributed by atoms with van der Waals surface area (Å²) >= 11 is 0. The van der Waals surface area contributed by atoms with Crippen LogP contribution in [-0.4, -0.2) is 57.9 Å². The molecule has 1 fully saturated rings. The Labute approximate surface area is 199 Å². The van der Waals surface area contributed by atoms with E-state index in [0.29, 0.717) is 24.0 Å². The van der Waals surface area contributed by atoms with E-state index in [1.807, 2.05) is 36.9 Å². The van der Waals surface area contributed by atoms with Crippen molar-refractivity contribution < 1.29 is 9.53 Å². The summed E-state index contributed by atoms with van der Waals surface area (Å²) in [4.78, 5) is 22.8. The Morgan fingerprint density at radius 3 is 2.59 bits per heavy atom. The van der Waals surface area contributed by atoms with Crippen molar-refractivity contribution in [2.24, 2.45) is 0 Å². The van der Waals surface area contributed by atoms with Crippen LogP contribution < -0.4 is 21.1 Å². The van der Waals surface area contributed by atoms with Crippen LogP contribution >= 0.6 is 0 Å². The van der Waals surface area contributed by atoms with Gasteiger partial charge in [-0.1, -0.05) is 0 Å². The highest BCUT2D eigenvalue weighted by Gasteiger charge is 2.20. The molecule has 3 heterocycles. The molecule has 3 aromatic rings. The Morgan fingerprint density at radius 1 is 1.21 bits per heavy atom. The van der Waals surface area contributed by atoms with Crippen molar-refractivity contribution >= 4 is 11.8 Å². The van der Waals surface area contributed by atoms with Crippen LogP contribution in [0.15, 0.2) is 30.7 Å². The van der Waals surface area contributed by atoms with Crippen LogP contribution in [0.3, 0.4) is 0 Å². The van der Waals surface area contributed by atoms with Crippen LogP contribution in [-0.2, 0) is 6.54 Å². The molecule has 0 aliphatic carbocycles. The minimum absolute atomic E-state index is 0.215. The molecule has 10 heteroatoms. The summed E-state index contributed by atoms with van der Waals surface area (Å²) in [6.07, 6.45) is 7.34. The molecule has 4 N–H and O–H groups in total. The number of piperidine rings is 1. The number of ether oxygens (including phenoxy) is 1. The second kappa shape index (κ2) is 10.1. The lowest BCUT2D eigenvalue weighted by molar-refractivity contribution is 0.212. The van der Waals surface area contributed by atoms with Gasteiger partial charge in [0.2, 0.25) is 0 Å². The zero-order valence-electron chi connectivity index (χ0n) is 20.1. The smallest absolute Gasteiger partial charge is 0.314 e. The fourth-order valence-corrected chi connectivity index (χ4v) is 4.22. The van der Waals surface area contributed by atoms with Crippen LogP contribution in [0, 0.1) is 13.8 Å². The quantitative estimate of drug-likeness (QED) is 0.512. The number of rotatable bonds is 6. The number of anilines is 1. The van der Waals surface area contributed by atoms with Gasteiger partial charge in [-0.3, -0.25) is 4.68 Å². The number of likely N-dealkylation sites (tertiary alicyclic amines) is 1. The van der Waals surface area contributed by atoms with Crippen LogP contribution in [0.5, 0.6) is 11.6 Å². The van der Waals surface area contributed by atoms with Crippen molar-refractivity contribution in [2.75, 3.05) is 32.9 Å². The maximum absolute atomic E-state index is 11.5. The molecule has 0 atom stereocenters. The van der Waals surface area contributed by atoms with E-state index < -0.39 is 0 Å². The largest absolute Gasteiger partial charge is 0.433 e. The molecular formula is C24H32N8O2. The van der Waals surface area contributed by atoms with Gasteiger partial charge in [0, 0.05) is 19.2 Å². The lowest BCUT2D eigenvalue weighted by atomic mass is 9.98. The molecule has 2 amide bonds. The second-order valence-electron chi connectivity index (χ2n) is 8.76. The molecule has 0 spiro atoms. The zero-order chi connectivity index (χ0) is 24.2. The van der Waals surface area contributed by atoms with Crippen molar-refractivity contribution in [3.8, 4) is 22.9 Å². The van der Waals surface area contributed by atoms with Gasteiger partial charge >= 0.3 is 6.03 Å². The molecule has 1 aromatic carbocycles. The SMILES string of the molecule is CNC(=O)NCc1c(C)cc(-c2cnc(N)c(Oc3cnn(C4CCN(C)CC4)c3)n2)cc1C. The molecule has 10 nitrogen and oxygen atoms in total. The Bertz CT molecular complexity index is 1140. The highest BCUT2D eigenvalue weighted by Crippen LogP contribution is 2.30. The van der Waals surface area contributed by atoms with Gasteiger partial charge in [-0.2, -0.15) is 5.10 Å². The summed E-state index contributed by atoms with van der Waals surface area (Å²) in [5, 5.41) is 9.89. The highest BCUT2D eigenvalue weighted by molar-refractivity contribution is 5.73. The summed E-state index contributed by atoms with van der Waals surface area (Å²) in [5.41, 5.74) is 10.8. The molecule has 4 rings (SSSR count). The number of urea groups is 1. The van der Waals surface area contributed by atoms with Gasteiger partial charge in [-0.25, -0.2) is 14.8 Å². The number of carbonyl (C=O) groups is 1. The van der Waals surface area contributed by atoms with E-state index in [1.54, 1.807) is 19.4 Å². The van der Waals surface area contributed by atoms with E-state index in [9.17, 15) is 4.79 Å². The maximum Gasteiger partial charge on any atom is 0.314 e. The Kier molecular flexibility index (Phi) is 6.97. The minimum Gasteiger partial charge on any atom is -0.433 e. The Hall–Kier alpha value is -3.66. The number of carbonyl (C=O) groups excluding carboxylic acids is 1. The third-order valence-corrected chi connectivity index (χ3v) is 6.27. The fourth-order valence-electron chi connectivity index (χ4n) is 4.22. The molecule has 34 heavy (non-hydrogen) atoms. The number of nitrogens with zero attached hydrogens (tertiary/aromatic N) is 5. The Balaban J connectivity index is 1.52. The number of amides is 2. The number of benzene rings is 1. The zero-order valence-corrected chi connectivity index (χ0v) is 20.1. The van der Waals surface area contributed by atoms with E-state index >= 15 is 0 Å². The molecule has 0 bridgehead atoms. The van der Waals surface area contributed by atoms with Gasteiger partial charge in [-0.15, -0.1) is 0 Å². The molecule has 1 saturated heterocycles. The van der Waals surface area contributed by atoms with Crippen LogP contribution in [0.2, 0.25) is 0 Å². The lowest BCUT2D eigenvalue weighted by Crippen LogP contribution is -2.32.